The highest BCUT2D eigenvalue weighted by Crippen LogP contribution is 2.42. The van der Waals surface area contributed by atoms with Crippen molar-refractivity contribution < 1.29 is 17.9 Å². The van der Waals surface area contributed by atoms with E-state index in [1.807, 2.05) is 0 Å². The fourth-order valence-electron chi connectivity index (χ4n) is 3.16. The van der Waals surface area contributed by atoms with Gasteiger partial charge in [0, 0.05) is 0 Å². The number of nitrogens with zero attached hydrogens (tertiary/aromatic N) is 1. The number of benzene rings is 1. The lowest BCUT2D eigenvalue weighted by Crippen LogP contribution is -2.41. The van der Waals surface area contributed by atoms with Crippen LogP contribution in [0.5, 0.6) is 0 Å². The Labute approximate surface area is 136 Å². The molecule has 0 aliphatic carbocycles. The van der Waals surface area contributed by atoms with Gasteiger partial charge in [0.25, 0.3) is 0 Å². The third-order valence-corrected chi connectivity index (χ3v) is 6.00. The van der Waals surface area contributed by atoms with Crippen LogP contribution < -0.4 is 0 Å². The molecule has 1 aromatic rings. The smallest absolute Gasteiger partial charge is 0.411 e. The molecule has 124 valence electrons. The van der Waals surface area contributed by atoms with Crippen molar-refractivity contribution in [1.29, 1.82) is 0 Å². The van der Waals surface area contributed by atoms with Crippen LogP contribution in [0, 0.1) is 0 Å². The van der Waals surface area contributed by atoms with Crippen LogP contribution in [0.15, 0.2) is 46.2 Å². The lowest BCUT2D eigenvalue weighted by Gasteiger charge is -2.28. The molecular weight excluding hydrogens is 314 g/mol. The van der Waals surface area contributed by atoms with E-state index in [9.17, 15) is 13.2 Å². The first-order valence-corrected chi connectivity index (χ1v) is 9.21. The minimum Gasteiger partial charge on any atom is -0.444 e. The third-order valence-electron chi connectivity index (χ3n) is 4.08. The zero-order chi connectivity index (χ0) is 16.8. The first-order chi connectivity index (χ1) is 10.7. The van der Waals surface area contributed by atoms with Gasteiger partial charge in [-0.2, -0.15) is 0 Å². The Bertz CT molecular complexity index is 747. The van der Waals surface area contributed by atoms with Crippen LogP contribution in [0.4, 0.5) is 4.79 Å². The summed E-state index contributed by atoms with van der Waals surface area (Å²) < 4.78 is 31.1. The van der Waals surface area contributed by atoms with Gasteiger partial charge in [-0.1, -0.05) is 18.2 Å². The average Bonchev–Trinajstić information content (AvgIpc) is 3.04. The first-order valence-electron chi connectivity index (χ1n) is 7.73. The molecule has 0 N–H and O–H groups in total. The molecule has 0 aromatic heterocycles. The molecule has 2 aliphatic heterocycles. The lowest BCUT2D eigenvalue weighted by atomic mass is 10.1. The minimum absolute atomic E-state index is 0.191. The van der Waals surface area contributed by atoms with Crippen LogP contribution in [0.3, 0.4) is 0 Å². The molecule has 2 heterocycles. The van der Waals surface area contributed by atoms with Crippen molar-refractivity contribution in [2.75, 3.05) is 0 Å². The van der Waals surface area contributed by atoms with E-state index in [2.05, 4.69) is 0 Å². The number of ether oxygens (including phenoxy) is 1. The van der Waals surface area contributed by atoms with Crippen molar-refractivity contribution in [2.24, 2.45) is 0 Å². The highest BCUT2D eigenvalue weighted by Gasteiger charge is 2.48. The molecule has 0 unspecified atom stereocenters. The van der Waals surface area contributed by atoms with Gasteiger partial charge >= 0.3 is 6.09 Å². The molecule has 2 atom stereocenters. The van der Waals surface area contributed by atoms with E-state index in [1.165, 1.54) is 0 Å². The molecule has 0 spiro atoms. The summed E-state index contributed by atoms with van der Waals surface area (Å²) in [4.78, 5) is 14.6. The number of amides is 1. The number of carbonyl (C=O) groups is 1. The minimum atomic E-state index is -3.57. The Morgan fingerprint density at radius 2 is 1.83 bits per heavy atom. The molecule has 0 saturated carbocycles. The number of fused-ring (bicyclic) bond motifs is 2. The lowest BCUT2D eigenvalue weighted by molar-refractivity contribution is 0.0231. The molecule has 3 rings (SSSR count). The highest BCUT2D eigenvalue weighted by molar-refractivity contribution is 7.95. The summed E-state index contributed by atoms with van der Waals surface area (Å²) in [5.41, 5.74) is -0.600. The number of carbonyl (C=O) groups excluding carboxylic acids is 1. The van der Waals surface area contributed by atoms with E-state index in [-0.39, 0.29) is 10.9 Å². The van der Waals surface area contributed by atoms with Gasteiger partial charge < -0.3 is 4.74 Å². The van der Waals surface area contributed by atoms with Gasteiger partial charge in [0.2, 0.25) is 9.84 Å². The predicted octanol–water partition coefficient (Wildman–Crippen LogP) is 3.13. The third kappa shape index (κ3) is 2.87. The largest absolute Gasteiger partial charge is 0.444 e. The van der Waals surface area contributed by atoms with Gasteiger partial charge in [0.1, 0.15) is 5.60 Å². The van der Waals surface area contributed by atoms with Gasteiger partial charge in [-0.3, -0.25) is 4.90 Å². The van der Waals surface area contributed by atoms with E-state index in [4.69, 9.17) is 4.74 Å². The Morgan fingerprint density at radius 3 is 2.43 bits per heavy atom. The van der Waals surface area contributed by atoms with E-state index in [0.29, 0.717) is 11.3 Å². The van der Waals surface area contributed by atoms with E-state index in [1.54, 1.807) is 62.1 Å². The second kappa shape index (κ2) is 5.37. The van der Waals surface area contributed by atoms with Gasteiger partial charge in [-0.25, -0.2) is 13.2 Å². The summed E-state index contributed by atoms with van der Waals surface area (Å²) in [5.74, 6) is 0. The maximum Gasteiger partial charge on any atom is 0.411 e. The molecule has 2 aliphatic rings. The number of rotatable bonds is 2. The normalized spacial score (nSPS) is 23.8. The summed E-state index contributed by atoms with van der Waals surface area (Å²) >= 11 is 0. The van der Waals surface area contributed by atoms with Crippen molar-refractivity contribution in [3.8, 4) is 0 Å². The number of hydrogen-bond donors (Lipinski definition) is 0. The van der Waals surface area contributed by atoms with Crippen LogP contribution in [0.2, 0.25) is 0 Å². The van der Waals surface area contributed by atoms with Crippen LogP contribution in [-0.2, 0) is 14.6 Å². The van der Waals surface area contributed by atoms with E-state index >= 15 is 0 Å². The van der Waals surface area contributed by atoms with Crippen molar-refractivity contribution in [1.82, 2.24) is 4.90 Å². The zero-order valence-electron chi connectivity index (χ0n) is 13.5. The van der Waals surface area contributed by atoms with Gasteiger partial charge in [-0.15, -0.1) is 0 Å². The molecule has 5 nitrogen and oxygen atoms in total. The van der Waals surface area contributed by atoms with Crippen molar-refractivity contribution in [3.63, 3.8) is 0 Å². The topological polar surface area (TPSA) is 63.7 Å². The van der Waals surface area contributed by atoms with Gasteiger partial charge in [0.05, 0.1) is 21.9 Å². The highest BCUT2D eigenvalue weighted by atomic mass is 32.2. The molecule has 1 aromatic carbocycles. The van der Waals surface area contributed by atoms with Gasteiger partial charge in [0.15, 0.2) is 0 Å². The Balaban J connectivity index is 1.88. The molecule has 1 amide bonds. The second-order valence-electron chi connectivity index (χ2n) is 6.93. The van der Waals surface area contributed by atoms with Crippen molar-refractivity contribution in [2.45, 2.75) is 56.2 Å². The molecule has 0 radical (unpaired) electrons. The summed E-state index contributed by atoms with van der Waals surface area (Å²) in [6, 6.07) is 7.74. The summed E-state index contributed by atoms with van der Waals surface area (Å²) in [5, 5.41) is 0. The second-order valence-corrected chi connectivity index (χ2v) is 8.88. The van der Waals surface area contributed by atoms with Gasteiger partial charge in [-0.05, 0) is 51.8 Å². The molecule has 6 heteroatoms. The maximum absolute atomic E-state index is 12.8. The van der Waals surface area contributed by atoms with Crippen LogP contribution in [0.25, 0.3) is 0 Å². The maximum atomic E-state index is 12.8. The standard InChI is InChI=1S/C17H21NO4S/c1-17(2,3)22-16(19)18-12-9-10-14(18)15(11-12)23(20,21)13-7-5-4-6-8-13/h4-8,11-12,14H,9-10H2,1-3H3/t12-,14+/m0/s1. The Hall–Kier alpha value is -1.82. The predicted molar refractivity (Wildman–Crippen MR) is 86.6 cm³/mol. The molecular formula is C17H21NO4S. The van der Waals surface area contributed by atoms with Crippen LogP contribution in [0.1, 0.15) is 33.6 Å². The molecule has 2 bridgehead atoms. The SMILES string of the molecule is CC(C)(C)OC(=O)N1[C@@H]2C=C(S(=O)(=O)c3ccccc3)[C@H]1CC2. The average molecular weight is 335 g/mol. The summed E-state index contributed by atoms with van der Waals surface area (Å²) in [7, 11) is -3.57. The van der Waals surface area contributed by atoms with Crippen molar-refractivity contribution >= 4 is 15.9 Å². The van der Waals surface area contributed by atoms with Crippen LogP contribution >= 0.6 is 0 Å². The zero-order valence-corrected chi connectivity index (χ0v) is 14.3. The van der Waals surface area contributed by atoms with E-state index in [0.717, 1.165) is 6.42 Å². The fourth-order valence-corrected chi connectivity index (χ4v) is 4.88. The monoisotopic (exact) mass is 335 g/mol. The molecule has 1 saturated heterocycles. The summed E-state index contributed by atoms with van der Waals surface area (Å²) in [6.45, 7) is 5.41. The number of hydrogen-bond acceptors (Lipinski definition) is 4. The molecule has 23 heavy (non-hydrogen) atoms. The van der Waals surface area contributed by atoms with Crippen molar-refractivity contribution in [3.05, 3.63) is 41.3 Å². The Kier molecular flexibility index (Phi) is 3.75. The summed E-state index contributed by atoms with van der Waals surface area (Å²) in [6.07, 6.45) is 2.69. The number of sulfone groups is 1. The first kappa shape index (κ1) is 16.1. The quantitative estimate of drug-likeness (QED) is 0.833. The van der Waals surface area contributed by atoms with E-state index < -0.39 is 27.6 Å². The molecule has 1 fully saturated rings. The fraction of sp³-hybridized carbons (Fsp3) is 0.471. The van der Waals surface area contributed by atoms with Crippen LogP contribution in [-0.4, -0.2) is 37.1 Å². The Morgan fingerprint density at radius 1 is 1.17 bits per heavy atom.